The van der Waals surface area contributed by atoms with Crippen LogP contribution in [0.4, 0.5) is 0 Å². The van der Waals surface area contributed by atoms with Crippen molar-refractivity contribution in [2.45, 2.75) is 19.5 Å². The van der Waals surface area contributed by atoms with Gasteiger partial charge in [0.15, 0.2) is 5.76 Å². The van der Waals surface area contributed by atoms with Gasteiger partial charge in [-0.1, -0.05) is 0 Å². The Bertz CT molecular complexity index is 590. The van der Waals surface area contributed by atoms with Gasteiger partial charge in [0.1, 0.15) is 5.76 Å². The number of nitrogens with one attached hydrogen (secondary N) is 1. The molecule has 0 spiro atoms. The van der Waals surface area contributed by atoms with E-state index >= 15 is 0 Å². The van der Waals surface area contributed by atoms with Crippen molar-refractivity contribution in [3.05, 3.63) is 45.5 Å². The molecule has 19 heavy (non-hydrogen) atoms. The summed E-state index contributed by atoms with van der Waals surface area (Å²) in [6.07, 6.45) is 1.09. The predicted molar refractivity (Wildman–Crippen MR) is 72.5 cm³/mol. The first-order valence-corrected chi connectivity index (χ1v) is 7.01. The third-order valence-corrected chi connectivity index (χ3v) is 4.31. The predicted octanol–water partition coefficient (Wildman–Crippen LogP) is 1.50. The van der Waals surface area contributed by atoms with E-state index in [1.165, 1.54) is 10.4 Å². The Morgan fingerprint density at radius 3 is 3.21 bits per heavy atom. The highest BCUT2D eigenvalue weighted by atomic mass is 32.1. The zero-order valence-corrected chi connectivity index (χ0v) is 11.2. The maximum absolute atomic E-state index is 11.3. The van der Waals surface area contributed by atoms with Crippen LogP contribution in [0.25, 0.3) is 0 Å². The van der Waals surface area contributed by atoms with Crippen molar-refractivity contribution in [2.24, 2.45) is 5.84 Å². The zero-order valence-electron chi connectivity index (χ0n) is 10.4. The second-order valence-electron chi connectivity index (χ2n) is 4.57. The summed E-state index contributed by atoms with van der Waals surface area (Å²) in [6, 6.07) is 5.66. The Morgan fingerprint density at radius 1 is 1.47 bits per heavy atom. The number of nitrogens with zero attached hydrogens (tertiary/aromatic N) is 1. The van der Waals surface area contributed by atoms with Crippen LogP contribution >= 0.6 is 11.3 Å². The molecule has 0 fully saturated rings. The fourth-order valence-corrected chi connectivity index (χ4v) is 3.21. The van der Waals surface area contributed by atoms with Crippen molar-refractivity contribution >= 4 is 17.2 Å². The molecule has 5 nitrogen and oxygen atoms in total. The summed E-state index contributed by atoms with van der Waals surface area (Å²) in [5.41, 5.74) is 3.47. The molecule has 3 N–H and O–H groups in total. The summed E-state index contributed by atoms with van der Waals surface area (Å²) in [6.45, 7) is 2.68. The molecule has 2 aromatic rings. The first-order valence-electron chi connectivity index (χ1n) is 6.13. The number of hydrazine groups is 1. The van der Waals surface area contributed by atoms with E-state index in [1.807, 2.05) is 17.4 Å². The standard InChI is InChI=1S/C13H15N3O2S/c14-15-13(17)11-2-1-10(18-11)8-16-5-3-12-9(7-16)4-6-19-12/h1-2,4,6H,3,5,7-8,14H2,(H,15,17). The van der Waals surface area contributed by atoms with E-state index in [1.54, 1.807) is 6.07 Å². The van der Waals surface area contributed by atoms with Gasteiger partial charge in [-0.2, -0.15) is 0 Å². The van der Waals surface area contributed by atoms with Gasteiger partial charge in [-0.15, -0.1) is 11.3 Å². The molecule has 1 aliphatic rings. The normalized spacial score (nSPS) is 15.2. The number of fused-ring (bicyclic) bond motifs is 1. The summed E-state index contributed by atoms with van der Waals surface area (Å²) in [5, 5.41) is 2.14. The molecular weight excluding hydrogens is 262 g/mol. The molecule has 1 amide bonds. The molecule has 0 atom stereocenters. The van der Waals surface area contributed by atoms with Gasteiger partial charge in [-0.05, 0) is 35.6 Å². The van der Waals surface area contributed by atoms with Gasteiger partial charge in [0, 0.05) is 18.0 Å². The Labute approximate surface area is 115 Å². The smallest absolute Gasteiger partial charge is 0.300 e. The van der Waals surface area contributed by atoms with Crippen molar-refractivity contribution in [3.63, 3.8) is 0 Å². The van der Waals surface area contributed by atoms with E-state index in [9.17, 15) is 4.79 Å². The molecule has 0 bridgehead atoms. The lowest BCUT2D eigenvalue weighted by atomic mass is 10.1. The number of carbonyl (C=O) groups excluding carboxylic acids is 1. The molecule has 1 aliphatic heterocycles. The zero-order chi connectivity index (χ0) is 13.2. The van der Waals surface area contributed by atoms with Crippen LogP contribution in [-0.4, -0.2) is 17.4 Å². The van der Waals surface area contributed by atoms with Gasteiger partial charge in [-0.3, -0.25) is 15.1 Å². The van der Waals surface area contributed by atoms with E-state index < -0.39 is 5.91 Å². The van der Waals surface area contributed by atoms with Gasteiger partial charge in [0.05, 0.1) is 6.54 Å². The van der Waals surface area contributed by atoms with Crippen LogP contribution in [0, 0.1) is 0 Å². The van der Waals surface area contributed by atoms with Crippen molar-refractivity contribution in [3.8, 4) is 0 Å². The van der Waals surface area contributed by atoms with Crippen LogP contribution < -0.4 is 11.3 Å². The summed E-state index contributed by atoms with van der Waals surface area (Å²) < 4.78 is 5.48. The minimum atomic E-state index is -0.398. The molecule has 3 rings (SSSR count). The summed E-state index contributed by atoms with van der Waals surface area (Å²) in [7, 11) is 0. The van der Waals surface area contributed by atoms with Crippen LogP contribution in [0.5, 0.6) is 0 Å². The average molecular weight is 277 g/mol. The Hall–Kier alpha value is -1.63. The van der Waals surface area contributed by atoms with Crippen molar-refractivity contribution in [2.75, 3.05) is 6.54 Å². The van der Waals surface area contributed by atoms with Crippen LogP contribution in [0.15, 0.2) is 28.0 Å². The second-order valence-corrected chi connectivity index (χ2v) is 5.57. The van der Waals surface area contributed by atoms with Gasteiger partial charge < -0.3 is 4.42 Å². The number of carbonyl (C=O) groups is 1. The molecule has 6 heteroatoms. The summed E-state index contributed by atoms with van der Waals surface area (Å²) >= 11 is 1.83. The van der Waals surface area contributed by atoms with Gasteiger partial charge in [0.2, 0.25) is 0 Å². The number of furan rings is 1. The van der Waals surface area contributed by atoms with Crippen molar-refractivity contribution < 1.29 is 9.21 Å². The molecule has 0 aliphatic carbocycles. The van der Waals surface area contributed by atoms with Crippen LogP contribution in [0.2, 0.25) is 0 Å². The fraction of sp³-hybridized carbons (Fsp3) is 0.308. The van der Waals surface area contributed by atoms with Gasteiger partial charge >= 0.3 is 5.91 Å². The monoisotopic (exact) mass is 277 g/mol. The first-order chi connectivity index (χ1) is 9.26. The van der Waals surface area contributed by atoms with Crippen molar-refractivity contribution in [1.82, 2.24) is 10.3 Å². The van der Waals surface area contributed by atoms with Crippen LogP contribution in [0.3, 0.4) is 0 Å². The molecule has 0 radical (unpaired) electrons. The molecular formula is C13H15N3O2S. The lowest BCUT2D eigenvalue weighted by Crippen LogP contribution is -2.30. The molecule has 2 aromatic heterocycles. The van der Waals surface area contributed by atoms with E-state index in [-0.39, 0.29) is 5.76 Å². The van der Waals surface area contributed by atoms with E-state index in [2.05, 4.69) is 21.8 Å². The van der Waals surface area contributed by atoms with E-state index in [0.29, 0.717) is 6.54 Å². The minimum absolute atomic E-state index is 0.255. The summed E-state index contributed by atoms with van der Waals surface area (Å²) in [5.74, 6) is 5.72. The lowest BCUT2D eigenvalue weighted by molar-refractivity contribution is 0.0921. The van der Waals surface area contributed by atoms with E-state index in [4.69, 9.17) is 10.3 Å². The topological polar surface area (TPSA) is 71.5 Å². The number of nitrogens with two attached hydrogens (primary N) is 1. The van der Waals surface area contributed by atoms with Crippen LogP contribution in [0.1, 0.15) is 26.8 Å². The SMILES string of the molecule is NNC(=O)c1ccc(CN2CCc3sccc3C2)o1. The first kappa shape index (κ1) is 12.4. The molecule has 100 valence electrons. The quantitative estimate of drug-likeness (QED) is 0.507. The molecule has 3 heterocycles. The number of rotatable bonds is 3. The van der Waals surface area contributed by atoms with Crippen LogP contribution in [-0.2, 0) is 19.5 Å². The lowest BCUT2D eigenvalue weighted by Gasteiger charge is -2.25. The Kier molecular flexibility index (Phi) is 3.37. The molecule has 0 unspecified atom stereocenters. The second kappa shape index (κ2) is 5.16. The number of hydrogen-bond donors (Lipinski definition) is 2. The third kappa shape index (κ3) is 2.56. The number of amides is 1. The number of thiophene rings is 1. The highest BCUT2D eigenvalue weighted by Crippen LogP contribution is 2.25. The van der Waals surface area contributed by atoms with E-state index in [0.717, 1.165) is 25.3 Å². The fourth-order valence-electron chi connectivity index (χ4n) is 2.32. The molecule has 0 saturated carbocycles. The maximum Gasteiger partial charge on any atom is 0.300 e. The molecule has 0 saturated heterocycles. The van der Waals surface area contributed by atoms with Gasteiger partial charge in [-0.25, -0.2) is 5.84 Å². The Morgan fingerprint density at radius 2 is 2.37 bits per heavy atom. The highest BCUT2D eigenvalue weighted by molar-refractivity contribution is 7.10. The number of nitrogen functional groups attached to an aromatic ring is 1. The minimum Gasteiger partial charge on any atom is -0.455 e. The number of hydrogen-bond acceptors (Lipinski definition) is 5. The van der Waals surface area contributed by atoms with Crippen molar-refractivity contribution in [1.29, 1.82) is 0 Å². The summed E-state index contributed by atoms with van der Waals surface area (Å²) in [4.78, 5) is 15.1. The Balaban J connectivity index is 1.66. The highest BCUT2D eigenvalue weighted by Gasteiger charge is 2.19. The third-order valence-electron chi connectivity index (χ3n) is 3.28. The maximum atomic E-state index is 11.3. The van der Waals surface area contributed by atoms with Gasteiger partial charge in [0.25, 0.3) is 0 Å². The molecule has 0 aromatic carbocycles. The largest absolute Gasteiger partial charge is 0.455 e. The average Bonchev–Trinajstić information content (AvgIpc) is 3.06.